The maximum absolute atomic E-state index is 13.2. The van der Waals surface area contributed by atoms with Crippen LogP contribution in [0, 0.1) is 24.0 Å². The van der Waals surface area contributed by atoms with Crippen LogP contribution in [0.2, 0.25) is 0 Å². The van der Waals surface area contributed by atoms with E-state index < -0.39 is 10.5 Å². The molecule has 0 aliphatic carbocycles. The van der Waals surface area contributed by atoms with Crippen LogP contribution in [0.1, 0.15) is 51.1 Å². The van der Waals surface area contributed by atoms with Gasteiger partial charge < -0.3 is 19.3 Å². The minimum atomic E-state index is -0.618. The number of hydrogen-bond donors (Lipinski definition) is 0. The second-order valence-electron chi connectivity index (χ2n) is 9.69. The third kappa shape index (κ3) is 4.36. The number of nitro benzene ring substituents is 1. The fourth-order valence-corrected chi connectivity index (χ4v) is 5.47. The van der Waals surface area contributed by atoms with Gasteiger partial charge in [-0.15, -0.1) is 0 Å². The number of amides is 1. The number of likely N-dealkylation sites (tertiary alicyclic amines) is 1. The highest BCUT2D eigenvalue weighted by Crippen LogP contribution is 2.41. The minimum Gasteiger partial charge on any atom is -0.486 e. The van der Waals surface area contributed by atoms with Gasteiger partial charge in [0, 0.05) is 50.7 Å². The zero-order valence-electron chi connectivity index (χ0n) is 20.0. The number of anilines is 1. The fraction of sp³-hybridized carbons (Fsp3) is 0.462. The number of morpholine rings is 1. The normalized spacial score (nSPS) is 19.3. The van der Waals surface area contributed by atoms with Crippen LogP contribution in [0.5, 0.6) is 5.75 Å². The summed E-state index contributed by atoms with van der Waals surface area (Å²) in [6, 6.07) is 8.59. The van der Waals surface area contributed by atoms with Crippen LogP contribution in [0.4, 0.5) is 11.4 Å². The summed E-state index contributed by atoms with van der Waals surface area (Å²) in [6.07, 6.45) is 1.36. The van der Waals surface area contributed by atoms with E-state index in [1.54, 1.807) is 17.0 Å². The maximum atomic E-state index is 13.2. The molecule has 2 fully saturated rings. The molecule has 184 valence electrons. The Labute approximate surface area is 203 Å². The van der Waals surface area contributed by atoms with Crippen molar-refractivity contribution in [3.63, 3.8) is 0 Å². The summed E-state index contributed by atoms with van der Waals surface area (Å²) in [4.78, 5) is 41.2. The van der Waals surface area contributed by atoms with Gasteiger partial charge in [0.2, 0.25) is 0 Å². The zero-order chi connectivity index (χ0) is 24.7. The minimum absolute atomic E-state index is 0.0743. The van der Waals surface area contributed by atoms with Crippen LogP contribution >= 0.6 is 0 Å². The van der Waals surface area contributed by atoms with E-state index in [-0.39, 0.29) is 17.4 Å². The second-order valence-corrected chi connectivity index (χ2v) is 9.69. The Morgan fingerprint density at radius 2 is 1.77 bits per heavy atom. The molecule has 0 unspecified atom stereocenters. The largest absolute Gasteiger partial charge is 0.486 e. The average Bonchev–Trinajstić information content (AvgIpc) is 2.83. The van der Waals surface area contributed by atoms with Crippen molar-refractivity contribution in [3.8, 4) is 5.75 Å². The van der Waals surface area contributed by atoms with Crippen LogP contribution in [-0.4, -0.2) is 66.5 Å². The molecular weight excluding hydrogens is 450 g/mol. The number of hydrogen-bond acceptors (Lipinski definition) is 7. The van der Waals surface area contributed by atoms with E-state index in [4.69, 9.17) is 9.47 Å². The smallest absolute Gasteiger partial charge is 0.293 e. The van der Waals surface area contributed by atoms with Crippen molar-refractivity contribution in [1.82, 2.24) is 4.90 Å². The quantitative estimate of drug-likeness (QED) is 0.489. The van der Waals surface area contributed by atoms with Crippen molar-refractivity contribution in [2.45, 2.75) is 38.7 Å². The Bertz CT molecular complexity index is 1200. The highest BCUT2D eigenvalue weighted by molar-refractivity contribution is 6.02. The summed E-state index contributed by atoms with van der Waals surface area (Å²) in [5.41, 5.74) is 2.73. The van der Waals surface area contributed by atoms with Crippen molar-refractivity contribution in [1.29, 1.82) is 0 Å². The van der Waals surface area contributed by atoms with E-state index in [0.717, 1.165) is 11.1 Å². The number of carbonyl (C=O) groups is 2. The van der Waals surface area contributed by atoms with Gasteiger partial charge in [0.15, 0.2) is 5.78 Å². The number of carbonyl (C=O) groups excluding carboxylic acids is 2. The Hall–Kier alpha value is -3.46. The first kappa shape index (κ1) is 23.3. The van der Waals surface area contributed by atoms with Crippen LogP contribution in [-0.2, 0) is 4.74 Å². The predicted molar refractivity (Wildman–Crippen MR) is 129 cm³/mol. The van der Waals surface area contributed by atoms with Crippen LogP contribution in [0.15, 0.2) is 30.3 Å². The summed E-state index contributed by atoms with van der Waals surface area (Å²) in [6.45, 7) is 6.93. The number of ether oxygens (including phenoxy) is 2. The molecule has 2 aromatic rings. The number of aryl methyl sites for hydroxylation is 2. The van der Waals surface area contributed by atoms with Crippen molar-refractivity contribution < 1.29 is 24.0 Å². The van der Waals surface area contributed by atoms with E-state index >= 15 is 0 Å². The molecule has 9 heteroatoms. The molecule has 9 nitrogen and oxygen atoms in total. The van der Waals surface area contributed by atoms with E-state index in [1.807, 2.05) is 30.9 Å². The molecule has 2 aromatic carbocycles. The molecular formula is C26H29N3O6. The summed E-state index contributed by atoms with van der Waals surface area (Å²) in [5.74, 6) is 0.469. The predicted octanol–water partition coefficient (Wildman–Crippen LogP) is 3.69. The SMILES string of the molecule is Cc1cc(C)c2c(c1)OC1(CCN(C(=O)c3ccc(N4CCOCC4)c([N+](=O)[O-])c3)CC1)CC2=O. The van der Waals surface area contributed by atoms with Gasteiger partial charge in [-0.3, -0.25) is 19.7 Å². The van der Waals surface area contributed by atoms with E-state index in [9.17, 15) is 19.7 Å². The lowest BCUT2D eigenvalue weighted by Crippen LogP contribution is -2.52. The lowest BCUT2D eigenvalue weighted by atomic mass is 9.81. The lowest BCUT2D eigenvalue weighted by molar-refractivity contribution is -0.384. The number of benzene rings is 2. The Balaban J connectivity index is 1.32. The molecule has 0 N–H and O–H groups in total. The van der Waals surface area contributed by atoms with Gasteiger partial charge in [-0.05, 0) is 43.2 Å². The fourth-order valence-electron chi connectivity index (χ4n) is 5.47. The Morgan fingerprint density at radius 1 is 1.06 bits per heavy atom. The number of ketones is 1. The van der Waals surface area contributed by atoms with Gasteiger partial charge in [-0.1, -0.05) is 6.07 Å². The standard InChI is InChI=1S/C26H29N3O6/c1-17-13-18(2)24-22(30)16-26(35-23(24)14-17)5-7-28(8-6-26)25(31)19-3-4-20(21(15-19)29(32)33)27-9-11-34-12-10-27/h3-4,13-15H,5-12,16H2,1-2H3. The first-order valence-corrected chi connectivity index (χ1v) is 12.0. The van der Waals surface area contributed by atoms with E-state index in [1.165, 1.54) is 6.07 Å². The first-order chi connectivity index (χ1) is 16.8. The molecule has 0 atom stereocenters. The molecule has 35 heavy (non-hydrogen) atoms. The molecule has 0 bridgehead atoms. The highest BCUT2D eigenvalue weighted by Gasteiger charge is 2.44. The van der Waals surface area contributed by atoms with Gasteiger partial charge in [-0.2, -0.15) is 0 Å². The molecule has 5 rings (SSSR count). The molecule has 3 heterocycles. The average molecular weight is 480 g/mol. The zero-order valence-corrected chi connectivity index (χ0v) is 20.0. The molecule has 0 aromatic heterocycles. The lowest BCUT2D eigenvalue weighted by Gasteiger charge is -2.44. The molecule has 3 aliphatic heterocycles. The number of nitrogens with zero attached hydrogens (tertiary/aromatic N) is 3. The number of nitro groups is 1. The highest BCUT2D eigenvalue weighted by atomic mass is 16.6. The molecule has 1 spiro atoms. The number of Topliss-reactive ketones (excluding diaryl/α,β-unsaturated/α-hetero) is 1. The third-order valence-electron chi connectivity index (χ3n) is 7.26. The topological polar surface area (TPSA) is 102 Å². The Morgan fingerprint density at radius 3 is 2.46 bits per heavy atom. The second kappa shape index (κ2) is 8.96. The molecule has 2 saturated heterocycles. The van der Waals surface area contributed by atoms with Gasteiger partial charge in [0.05, 0.1) is 30.1 Å². The molecule has 3 aliphatic rings. The van der Waals surface area contributed by atoms with Crippen molar-refractivity contribution in [3.05, 3.63) is 62.7 Å². The van der Waals surface area contributed by atoms with Crippen LogP contribution in [0.25, 0.3) is 0 Å². The van der Waals surface area contributed by atoms with E-state index in [2.05, 4.69) is 0 Å². The summed E-state index contributed by atoms with van der Waals surface area (Å²) >= 11 is 0. The van der Waals surface area contributed by atoms with Crippen molar-refractivity contribution in [2.75, 3.05) is 44.3 Å². The van der Waals surface area contributed by atoms with Gasteiger partial charge in [0.25, 0.3) is 11.6 Å². The molecule has 1 amide bonds. The monoisotopic (exact) mass is 479 g/mol. The number of piperidine rings is 1. The molecule has 0 saturated carbocycles. The van der Waals surface area contributed by atoms with Crippen molar-refractivity contribution >= 4 is 23.1 Å². The van der Waals surface area contributed by atoms with Gasteiger partial charge >= 0.3 is 0 Å². The Kier molecular flexibility index (Phi) is 5.96. The third-order valence-corrected chi connectivity index (χ3v) is 7.26. The molecule has 0 radical (unpaired) electrons. The summed E-state index contributed by atoms with van der Waals surface area (Å²) < 4.78 is 11.7. The summed E-state index contributed by atoms with van der Waals surface area (Å²) in [7, 11) is 0. The van der Waals surface area contributed by atoms with Crippen molar-refractivity contribution in [2.24, 2.45) is 0 Å². The number of fused-ring (bicyclic) bond motifs is 1. The van der Waals surface area contributed by atoms with Crippen LogP contribution in [0.3, 0.4) is 0 Å². The van der Waals surface area contributed by atoms with Gasteiger partial charge in [0.1, 0.15) is 17.0 Å². The van der Waals surface area contributed by atoms with Gasteiger partial charge in [-0.25, -0.2) is 0 Å². The maximum Gasteiger partial charge on any atom is 0.293 e. The summed E-state index contributed by atoms with van der Waals surface area (Å²) in [5, 5.41) is 11.8. The number of rotatable bonds is 3. The first-order valence-electron chi connectivity index (χ1n) is 12.0. The van der Waals surface area contributed by atoms with Crippen LogP contribution < -0.4 is 9.64 Å². The van der Waals surface area contributed by atoms with E-state index in [0.29, 0.717) is 81.2 Å².